The predicted octanol–water partition coefficient (Wildman–Crippen LogP) is 2.18. The lowest BCUT2D eigenvalue weighted by Gasteiger charge is -2.22. The van der Waals surface area contributed by atoms with Gasteiger partial charge in [-0.05, 0) is 19.1 Å². The third-order valence-corrected chi connectivity index (χ3v) is 3.53. The quantitative estimate of drug-likeness (QED) is 0.908. The molecule has 1 aromatic heterocycles. The molecule has 1 unspecified atom stereocenters. The van der Waals surface area contributed by atoms with Crippen molar-refractivity contribution in [2.45, 2.75) is 13.0 Å². The third-order valence-electron chi connectivity index (χ3n) is 3.20. The molecular weight excluding hydrogens is 278 g/mol. The number of aliphatic hydroxyl groups is 1. The summed E-state index contributed by atoms with van der Waals surface area (Å²) in [5, 5.41) is 16.5. The largest absolute Gasteiger partial charge is 0.394 e. The first-order valence-corrected chi connectivity index (χ1v) is 6.60. The van der Waals surface area contributed by atoms with Crippen molar-refractivity contribution in [1.29, 1.82) is 0 Å². The monoisotopic (exact) mass is 293 g/mol. The number of hydrogen-bond donors (Lipinski definition) is 2. The first kappa shape index (κ1) is 14.6. The lowest BCUT2D eigenvalue weighted by Crippen LogP contribution is -2.37. The Kier molecular flexibility index (Phi) is 4.42. The van der Waals surface area contributed by atoms with E-state index >= 15 is 0 Å². The lowest BCUT2D eigenvalue weighted by molar-refractivity contribution is 0.0676. The van der Waals surface area contributed by atoms with Crippen molar-refractivity contribution in [3.8, 4) is 11.3 Å². The van der Waals surface area contributed by atoms with Crippen LogP contribution in [-0.2, 0) is 0 Å². The van der Waals surface area contributed by atoms with Crippen LogP contribution in [0, 0.1) is 0 Å². The molecule has 0 saturated carbocycles. The minimum absolute atomic E-state index is 0.0895. The van der Waals surface area contributed by atoms with Gasteiger partial charge in [-0.1, -0.05) is 29.8 Å². The summed E-state index contributed by atoms with van der Waals surface area (Å²) in [5.74, 6) is -0.225. The minimum atomic E-state index is -0.255. The number of nitrogens with zero attached hydrogens (tertiary/aromatic N) is 2. The van der Waals surface area contributed by atoms with Crippen molar-refractivity contribution >= 4 is 17.5 Å². The maximum Gasteiger partial charge on any atom is 0.271 e. The van der Waals surface area contributed by atoms with Crippen LogP contribution < -0.4 is 0 Å². The van der Waals surface area contributed by atoms with Crippen LogP contribution in [0.5, 0.6) is 0 Å². The highest BCUT2D eigenvalue weighted by Crippen LogP contribution is 2.26. The average Bonchev–Trinajstić information content (AvgIpc) is 2.94. The van der Waals surface area contributed by atoms with Gasteiger partial charge in [0.25, 0.3) is 5.91 Å². The number of benzene rings is 1. The van der Waals surface area contributed by atoms with Gasteiger partial charge in [-0.2, -0.15) is 5.10 Å². The number of aromatic amines is 1. The molecule has 0 spiro atoms. The Morgan fingerprint density at radius 3 is 2.85 bits per heavy atom. The SMILES string of the molecule is CC(CO)N(C)C(=O)c1cc(-c2ccccc2Cl)n[nH]1. The third kappa shape index (κ3) is 2.84. The molecule has 106 valence electrons. The lowest BCUT2D eigenvalue weighted by atomic mass is 10.1. The van der Waals surface area contributed by atoms with Gasteiger partial charge in [0.1, 0.15) is 5.69 Å². The molecule has 1 atom stereocenters. The van der Waals surface area contributed by atoms with E-state index in [0.717, 1.165) is 5.56 Å². The first-order chi connectivity index (χ1) is 9.54. The molecule has 0 aliphatic carbocycles. The van der Waals surface area contributed by atoms with E-state index < -0.39 is 0 Å². The number of likely N-dealkylation sites (N-methyl/N-ethyl adjacent to an activating group) is 1. The smallest absolute Gasteiger partial charge is 0.271 e. The van der Waals surface area contributed by atoms with Crippen LogP contribution in [0.15, 0.2) is 30.3 Å². The first-order valence-electron chi connectivity index (χ1n) is 6.23. The summed E-state index contributed by atoms with van der Waals surface area (Å²) >= 11 is 6.10. The maximum absolute atomic E-state index is 12.2. The highest BCUT2D eigenvalue weighted by Gasteiger charge is 2.19. The Labute approximate surface area is 122 Å². The summed E-state index contributed by atoms with van der Waals surface area (Å²) < 4.78 is 0. The number of nitrogens with one attached hydrogen (secondary N) is 1. The molecule has 1 heterocycles. The molecule has 1 aromatic carbocycles. The fourth-order valence-corrected chi connectivity index (χ4v) is 1.98. The number of hydrogen-bond acceptors (Lipinski definition) is 3. The second-order valence-electron chi connectivity index (χ2n) is 4.59. The molecule has 2 aromatic rings. The van der Waals surface area contributed by atoms with Crippen LogP contribution in [0.3, 0.4) is 0 Å². The topological polar surface area (TPSA) is 69.2 Å². The van der Waals surface area contributed by atoms with Crippen molar-refractivity contribution in [3.63, 3.8) is 0 Å². The van der Waals surface area contributed by atoms with Gasteiger partial charge >= 0.3 is 0 Å². The summed E-state index contributed by atoms with van der Waals surface area (Å²) in [6.45, 7) is 1.68. The van der Waals surface area contributed by atoms with E-state index in [2.05, 4.69) is 10.2 Å². The Morgan fingerprint density at radius 1 is 1.50 bits per heavy atom. The summed E-state index contributed by atoms with van der Waals surface area (Å²) in [5.41, 5.74) is 1.74. The van der Waals surface area contributed by atoms with Crippen LogP contribution in [0.25, 0.3) is 11.3 Å². The molecule has 2 N–H and O–H groups in total. The van der Waals surface area contributed by atoms with Crippen molar-refractivity contribution in [3.05, 3.63) is 41.0 Å². The highest BCUT2D eigenvalue weighted by atomic mass is 35.5. The van der Waals surface area contributed by atoms with Gasteiger partial charge in [0, 0.05) is 12.6 Å². The normalized spacial score (nSPS) is 12.2. The number of rotatable bonds is 4. The fourth-order valence-electron chi connectivity index (χ4n) is 1.75. The standard InChI is InChI=1S/C14H16ClN3O2/c1-9(8-19)18(2)14(20)13-7-12(16-17-13)10-5-3-4-6-11(10)15/h3-7,9,19H,8H2,1-2H3,(H,16,17). The van der Waals surface area contributed by atoms with Gasteiger partial charge < -0.3 is 10.0 Å². The Bertz CT molecular complexity index is 612. The van der Waals surface area contributed by atoms with E-state index in [9.17, 15) is 4.79 Å². The van der Waals surface area contributed by atoms with Crippen molar-refractivity contribution in [2.75, 3.05) is 13.7 Å². The van der Waals surface area contributed by atoms with Gasteiger partial charge in [-0.3, -0.25) is 9.89 Å². The second-order valence-corrected chi connectivity index (χ2v) is 5.00. The molecule has 6 heteroatoms. The molecule has 20 heavy (non-hydrogen) atoms. The molecule has 0 bridgehead atoms. The van der Waals surface area contributed by atoms with Crippen LogP contribution >= 0.6 is 11.6 Å². The predicted molar refractivity (Wildman–Crippen MR) is 77.7 cm³/mol. The van der Waals surface area contributed by atoms with Crippen molar-refractivity contribution < 1.29 is 9.90 Å². The molecule has 0 aliphatic rings. The summed E-state index contributed by atoms with van der Waals surface area (Å²) in [7, 11) is 1.64. The zero-order chi connectivity index (χ0) is 14.7. The number of aliphatic hydroxyl groups excluding tert-OH is 1. The molecule has 0 saturated heterocycles. The van der Waals surface area contributed by atoms with E-state index in [1.54, 1.807) is 26.1 Å². The minimum Gasteiger partial charge on any atom is -0.394 e. The van der Waals surface area contributed by atoms with Crippen LogP contribution in [0.1, 0.15) is 17.4 Å². The molecule has 2 rings (SSSR count). The van der Waals surface area contributed by atoms with E-state index in [0.29, 0.717) is 16.4 Å². The van der Waals surface area contributed by atoms with Crippen LogP contribution in [0.2, 0.25) is 5.02 Å². The maximum atomic E-state index is 12.2. The fraction of sp³-hybridized carbons (Fsp3) is 0.286. The molecular formula is C14H16ClN3O2. The number of carbonyl (C=O) groups is 1. The molecule has 0 aliphatic heterocycles. The molecule has 0 radical (unpaired) electrons. The van der Waals surface area contributed by atoms with Crippen LogP contribution in [-0.4, -0.2) is 45.8 Å². The number of carbonyl (C=O) groups excluding carboxylic acids is 1. The highest BCUT2D eigenvalue weighted by molar-refractivity contribution is 6.33. The van der Waals surface area contributed by atoms with Gasteiger partial charge in [-0.15, -0.1) is 0 Å². The van der Waals surface area contributed by atoms with E-state index in [1.165, 1.54) is 4.90 Å². The zero-order valence-corrected chi connectivity index (χ0v) is 12.1. The van der Waals surface area contributed by atoms with Gasteiger partial charge in [0.15, 0.2) is 0 Å². The van der Waals surface area contributed by atoms with E-state index in [-0.39, 0.29) is 18.6 Å². The molecule has 5 nitrogen and oxygen atoms in total. The molecule has 1 amide bonds. The molecule has 0 fully saturated rings. The number of H-pyrrole nitrogens is 1. The summed E-state index contributed by atoms with van der Waals surface area (Å²) in [6.07, 6.45) is 0. The van der Waals surface area contributed by atoms with E-state index in [1.807, 2.05) is 18.2 Å². The summed E-state index contributed by atoms with van der Waals surface area (Å²) in [6, 6.07) is 8.71. The average molecular weight is 294 g/mol. The van der Waals surface area contributed by atoms with E-state index in [4.69, 9.17) is 16.7 Å². The van der Waals surface area contributed by atoms with Gasteiger partial charge in [-0.25, -0.2) is 0 Å². The number of halogens is 1. The van der Waals surface area contributed by atoms with Crippen LogP contribution in [0.4, 0.5) is 0 Å². The van der Waals surface area contributed by atoms with Gasteiger partial charge in [0.05, 0.1) is 23.4 Å². The number of aromatic nitrogens is 2. The zero-order valence-electron chi connectivity index (χ0n) is 11.3. The Balaban J connectivity index is 2.26. The Morgan fingerprint density at radius 2 is 2.20 bits per heavy atom. The van der Waals surface area contributed by atoms with Crippen molar-refractivity contribution in [1.82, 2.24) is 15.1 Å². The Hall–Kier alpha value is -1.85. The summed E-state index contributed by atoms with van der Waals surface area (Å²) in [4.78, 5) is 13.6. The van der Waals surface area contributed by atoms with Crippen molar-refractivity contribution in [2.24, 2.45) is 0 Å². The second kappa shape index (κ2) is 6.07. The van der Waals surface area contributed by atoms with Gasteiger partial charge in [0.2, 0.25) is 0 Å². The number of amides is 1.